The van der Waals surface area contributed by atoms with Crippen LogP contribution in [-0.2, 0) is 6.42 Å². The third kappa shape index (κ3) is 5.47. The Kier molecular flexibility index (Phi) is 5.93. The molecule has 0 spiro atoms. The van der Waals surface area contributed by atoms with Gasteiger partial charge in [0.2, 0.25) is 0 Å². The standard InChI is InChI=1S/C12H20N2O/c1-2-3-4-5-6-12(15)9-11-10-13-7-8-14-11/h7-8,10,12,15H,2-6,9H2,1H3. The Morgan fingerprint density at radius 1 is 1.27 bits per heavy atom. The topological polar surface area (TPSA) is 46.0 Å². The summed E-state index contributed by atoms with van der Waals surface area (Å²) in [6.07, 6.45) is 11.1. The molecule has 1 unspecified atom stereocenters. The summed E-state index contributed by atoms with van der Waals surface area (Å²) in [5, 5.41) is 9.73. The van der Waals surface area contributed by atoms with Crippen LogP contribution in [0.2, 0.25) is 0 Å². The van der Waals surface area contributed by atoms with Crippen molar-refractivity contribution in [1.29, 1.82) is 0 Å². The highest BCUT2D eigenvalue weighted by molar-refractivity contribution is 4.96. The smallest absolute Gasteiger partial charge is 0.0612 e. The van der Waals surface area contributed by atoms with Crippen molar-refractivity contribution < 1.29 is 5.11 Å². The molecule has 15 heavy (non-hydrogen) atoms. The molecule has 0 bridgehead atoms. The highest BCUT2D eigenvalue weighted by Gasteiger charge is 2.05. The zero-order chi connectivity index (χ0) is 10.9. The average molecular weight is 208 g/mol. The molecule has 1 aromatic heterocycles. The van der Waals surface area contributed by atoms with E-state index in [4.69, 9.17) is 0 Å². The van der Waals surface area contributed by atoms with Crippen LogP contribution >= 0.6 is 0 Å². The third-order valence-corrected chi connectivity index (χ3v) is 2.45. The quantitative estimate of drug-likeness (QED) is 0.700. The first-order valence-corrected chi connectivity index (χ1v) is 5.76. The molecule has 0 aromatic carbocycles. The number of rotatable bonds is 7. The van der Waals surface area contributed by atoms with Crippen molar-refractivity contribution in [2.75, 3.05) is 0 Å². The predicted octanol–water partition coefficient (Wildman–Crippen LogP) is 2.35. The second kappa shape index (κ2) is 7.35. The predicted molar refractivity (Wildman–Crippen MR) is 60.5 cm³/mol. The Bertz CT molecular complexity index is 251. The summed E-state index contributed by atoms with van der Waals surface area (Å²) in [4.78, 5) is 8.11. The lowest BCUT2D eigenvalue weighted by Crippen LogP contribution is -2.11. The Hall–Kier alpha value is -0.960. The third-order valence-electron chi connectivity index (χ3n) is 2.45. The Morgan fingerprint density at radius 2 is 2.13 bits per heavy atom. The fourth-order valence-corrected chi connectivity index (χ4v) is 1.59. The molecule has 0 saturated carbocycles. The number of aliphatic hydroxyl groups is 1. The average Bonchev–Trinajstić information content (AvgIpc) is 2.26. The summed E-state index contributed by atoms with van der Waals surface area (Å²) in [5.41, 5.74) is 0.875. The number of unbranched alkanes of at least 4 members (excludes halogenated alkanes) is 3. The molecule has 0 fully saturated rings. The zero-order valence-corrected chi connectivity index (χ0v) is 9.39. The summed E-state index contributed by atoms with van der Waals surface area (Å²) in [5.74, 6) is 0. The summed E-state index contributed by atoms with van der Waals surface area (Å²) >= 11 is 0. The van der Waals surface area contributed by atoms with E-state index in [1.54, 1.807) is 18.6 Å². The maximum atomic E-state index is 9.73. The first-order valence-electron chi connectivity index (χ1n) is 5.76. The molecule has 3 nitrogen and oxygen atoms in total. The van der Waals surface area contributed by atoms with Gasteiger partial charge in [-0.25, -0.2) is 0 Å². The molecule has 0 amide bonds. The van der Waals surface area contributed by atoms with Gasteiger partial charge in [-0.1, -0.05) is 32.6 Å². The van der Waals surface area contributed by atoms with E-state index in [2.05, 4.69) is 16.9 Å². The first-order chi connectivity index (χ1) is 7.33. The molecule has 1 aromatic rings. The molecule has 0 radical (unpaired) electrons. The first kappa shape index (κ1) is 12.1. The molecule has 0 aliphatic heterocycles. The molecule has 1 N–H and O–H groups in total. The molecule has 1 atom stereocenters. The number of aromatic nitrogens is 2. The van der Waals surface area contributed by atoms with Crippen molar-refractivity contribution in [1.82, 2.24) is 9.97 Å². The minimum atomic E-state index is -0.265. The van der Waals surface area contributed by atoms with Gasteiger partial charge in [0.15, 0.2) is 0 Å². The van der Waals surface area contributed by atoms with Crippen molar-refractivity contribution in [2.45, 2.75) is 51.6 Å². The molecule has 1 rings (SSSR count). The van der Waals surface area contributed by atoms with Crippen LogP contribution in [0.1, 0.15) is 44.7 Å². The number of aliphatic hydroxyl groups excluding tert-OH is 1. The summed E-state index contributed by atoms with van der Waals surface area (Å²) < 4.78 is 0. The van der Waals surface area contributed by atoms with Crippen LogP contribution < -0.4 is 0 Å². The summed E-state index contributed by atoms with van der Waals surface area (Å²) in [7, 11) is 0. The SMILES string of the molecule is CCCCCCC(O)Cc1cnccn1. The highest BCUT2D eigenvalue weighted by atomic mass is 16.3. The van der Waals surface area contributed by atoms with E-state index >= 15 is 0 Å². The van der Waals surface area contributed by atoms with E-state index in [9.17, 15) is 5.11 Å². The van der Waals surface area contributed by atoms with Gasteiger partial charge in [-0.3, -0.25) is 9.97 Å². The van der Waals surface area contributed by atoms with E-state index in [1.807, 2.05) is 0 Å². The van der Waals surface area contributed by atoms with E-state index in [-0.39, 0.29) is 6.10 Å². The van der Waals surface area contributed by atoms with Crippen LogP contribution in [0.4, 0.5) is 0 Å². The maximum Gasteiger partial charge on any atom is 0.0612 e. The van der Waals surface area contributed by atoms with Gasteiger partial charge in [0, 0.05) is 25.0 Å². The lowest BCUT2D eigenvalue weighted by Gasteiger charge is -2.08. The zero-order valence-electron chi connectivity index (χ0n) is 9.39. The van der Waals surface area contributed by atoms with Crippen LogP contribution in [0.15, 0.2) is 18.6 Å². The van der Waals surface area contributed by atoms with Gasteiger partial charge in [0.25, 0.3) is 0 Å². The number of hydrogen-bond acceptors (Lipinski definition) is 3. The largest absolute Gasteiger partial charge is 0.393 e. The van der Waals surface area contributed by atoms with Crippen molar-refractivity contribution in [2.24, 2.45) is 0 Å². The minimum absolute atomic E-state index is 0.265. The molecular formula is C12H20N2O. The molecule has 1 heterocycles. The fourth-order valence-electron chi connectivity index (χ4n) is 1.59. The van der Waals surface area contributed by atoms with Crippen LogP contribution in [-0.4, -0.2) is 21.2 Å². The monoisotopic (exact) mass is 208 g/mol. The van der Waals surface area contributed by atoms with Crippen LogP contribution in [0, 0.1) is 0 Å². The lowest BCUT2D eigenvalue weighted by atomic mass is 10.1. The van der Waals surface area contributed by atoms with Gasteiger partial charge in [-0.05, 0) is 6.42 Å². The Labute approximate surface area is 91.6 Å². The summed E-state index contributed by atoms with van der Waals surface area (Å²) in [6.45, 7) is 2.19. The molecule has 3 heteroatoms. The maximum absolute atomic E-state index is 9.73. The summed E-state index contributed by atoms with van der Waals surface area (Å²) in [6, 6.07) is 0. The Morgan fingerprint density at radius 3 is 2.80 bits per heavy atom. The van der Waals surface area contributed by atoms with Crippen molar-refractivity contribution in [3.63, 3.8) is 0 Å². The number of hydrogen-bond donors (Lipinski definition) is 1. The molecular weight excluding hydrogens is 188 g/mol. The minimum Gasteiger partial charge on any atom is -0.393 e. The van der Waals surface area contributed by atoms with E-state index in [1.165, 1.54) is 19.3 Å². The van der Waals surface area contributed by atoms with Crippen LogP contribution in [0.25, 0.3) is 0 Å². The molecule has 0 saturated heterocycles. The van der Waals surface area contributed by atoms with Gasteiger partial charge in [-0.2, -0.15) is 0 Å². The van der Waals surface area contributed by atoms with Gasteiger partial charge in [0.1, 0.15) is 0 Å². The van der Waals surface area contributed by atoms with Crippen molar-refractivity contribution >= 4 is 0 Å². The highest BCUT2D eigenvalue weighted by Crippen LogP contribution is 2.08. The van der Waals surface area contributed by atoms with Crippen molar-refractivity contribution in [3.8, 4) is 0 Å². The molecule has 0 aliphatic rings. The lowest BCUT2D eigenvalue weighted by molar-refractivity contribution is 0.159. The van der Waals surface area contributed by atoms with Crippen molar-refractivity contribution in [3.05, 3.63) is 24.3 Å². The second-order valence-electron chi connectivity index (χ2n) is 3.90. The van der Waals surface area contributed by atoms with Gasteiger partial charge in [0.05, 0.1) is 11.8 Å². The molecule has 0 aliphatic carbocycles. The van der Waals surface area contributed by atoms with Crippen LogP contribution in [0.5, 0.6) is 0 Å². The van der Waals surface area contributed by atoms with Crippen LogP contribution in [0.3, 0.4) is 0 Å². The normalized spacial score (nSPS) is 12.7. The van der Waals surface area contributed by atoms with Gasteiger partial charge < -0.3 is 5.11 Å². The Balaban J connectivity index is 2.16. The van der Waals surface area contributed by atoms with E-state index in [0.29, 0.717) is 6.42 Å². The van der Waals surface area contributed by atoms with E-state index in [0.717, 1.165) is 18.5 Å². The van der Waals surface area contributed by atoms with Gasteiger partial charge >= 0.3 is 0 Å². The molecule has 84 valence electrons. The van der Waals surface area contributed by atoms with Gasteiger partial charge in [-0.15, -0.1) is 0 Å². The number of nitrogens with zero attached hydrogens (tertiary/aromatic N) is 2. The fraction of sp³-hybridized carbons (Fsp3) is 0.667. The van der Waals surface area contributed by atoms with E-state index < -0.39 is 0 Å². The second-order valence-corrected chi connectivity index (χ2v) is 3.90.